The lowest BCUT2D eigenvalue weighted by Crippen LogP contribution is -2.38. The van der Waals surface area contributed by atoms with Crippen molar-refractivity contribution in [3.63, 3.8) is 0 Å². The van der Waals surface area contributed by atoms with Crippen LogP contribution in [-0.2, 0) is 11.2 Å². The number of rotatable bonds is 6. The number of thioether (sulfide) groups is 1. The smallest absolute Gasteiger partial charge is 0.241 e. The third kappa shape index (κ3) is 3.61. The van der Waals surface area contributed by atoms with E-state index in [1.807, 2.05) is 23.6 Å². The Labute approximate surface area is 132 Å². The van der Waals surface area contributed by atoms with Gasteiger partial charge in [0.1, 0.15) is 6.17 Å². The summed E-state index contributed by atoms with van der Waals surface area (Å²) in [5, 5.41) is 3.43. The van der Waals surface area contributed by atoms with Crippen LogP contribution >= 0.6 is 11.8 Å². The molecule has 2 rings (SSSR count). The maximum atomic E-state index is 12.5. The Hall–Kier alpha value is -1.00. The molecule has 0 saturated carbocycles. The second-order valence-corrected chi connectivity index (χ2v) is 6.75. The van der Waals surface area contributed by atoms with E-state index in [1.165, 1.54) is 11.1 Å². The first-order valence-corrected chi connectivity index (χ1v) is 9.13. The van der Waals surface area contributed by atoms with E-state index in [-0.39, 0.29) is 24.2 Å². The summed E-state index contributed by atoms with van der Waals surface area (Å²) in [6.07, 6.45) is 4.20. The van der Waals surface area contributed by atoms with E-state index in [2.05, 4.69) is 49.7 Å². The summed E-state index contributed by atoms with van der Waals surface area (Å²) in [6, 6.07) is 8.78. The van der Waals surface area contributed by atoms with Crippen LogP contribution in [0.3, 0.4) is 0 Å². The topological polar surface area (TPSA) is 32.3 Å². The van der Waals surface area contributed by atoms with E-state index in [1.54, 1.807) is 0 Å². The molecule has 0 bridgehead atoms. The average molecular weight is 306 g/mol. The molecule has 4 heteroatoms. The van der Waals surface area contributed by atoms with Crippen molar-refractivity contribution in [2.45, 2.75) is 51.9 Å². The van der Waals surface area contributed by atoms with Gasteiger partial charge in [0.2, 0.25) is 5.91 Å². The number of benzene rings is 1. The van der Waals surface area contributed by atoms with Gasteiger partial charge in [-0.05, 0) is 49.8 Å². The molecular formula is C17H26N2OS. The van der Waals surface area contributed by atoms with Crippen molar-refractivity contribution in [1.29, 1.82) is 0 Å². The Morgan fingerprint density at radius 2 is 2.00 bits per heavy atom. The first kappa shape index (κ1) is 16.4. The summed E-state index contributed by atoms with van der Waals surface area (Å²) < 4.78 is 0. The number of hydrogen-bond acceptors (Lipinski definition) is 3. The van der Waals surface area contributed by atoms with Crippen molar-refractivity contribution >= 4 is 17.7 Å². The highest BCUT2D eigenvalue weighted by Crippen LogP contribution is 2.29. The highest BCUT2D eigenvalue weighted by atomic mass is 32.2. The fourth-order valence-electron chi connectivity index (χ4n) is 2.83. The van der Waals surface area contributed by atoms with Gasteiger partial charge in [0.25, 0.3) is 0 Å². The summed E-state index contributed by atoms with van der Waals surface area (Å²) in [7, 11) is 0. The lowest BCUT2D eigenvalue weighted by Gasteiger charge is -2.30. The summed E-state index contributed by atoms with van der Waals surface area (Å²) in [6.45, 7) is 6.27. The molecule has 1 fully saturated rings. The number of carbonyl (C=O) groups is 1. The third-order valence-corrected chi connectivity index (χ3v) is 4.87. The molecule has 0 aliphatic carbocycles. The quantitative estimate of drug-likeness (QED) is 0.876. The van der Waals surface area contributed by atoms with Gasteiger partial charge in [0.15, 0.2) is 0 Å². The van der Waals surface area contributed by atoms with Crippen molar-refractivity contribution < 1.29 is 4.79 Å². The van der Waals surface area contributed by atoms with Gasteiger partial charge >= 0.3 is 0 Å². The van der Waals surface area contributed by atoms with Gasteiger partial charge in [-0.2, -0.15) is 11.8 Å². The molecular weight excluding hydrogens is 280 g/mol. The fraction of sp³-hybridized carbons (Fsp3) is 0.588. The van der Waals surface area contributed by atoms with E-state index in [4.69, 9.17) is 0 Å². The Balaban J connectivity index is 2.20. The number of aryl methyl sites for hydroxylation is 1. The zero-order valence-electron chi connectivity index (χ0n) is 13.4. The number of hydrogen-bond donors (Lipinski definition) is 1. The van der Waals surface area contributed by atoms with Crippen molar-refractivity contribution in [1.82, 2.24) is 10.2 Å². The van der Waals surface area contributed by atoms with Crippen molar-refractivity contribution in [2.24, 2.45) is 0 Å². The maximum absolute atomic E-state index is 12.5. The molecule has 21 heavy (non-hydrogen) atoms. The lowest BCUT2D eigenvalue weighted by atomic mass is 10.1. The van der Waals surface area contributed by atoms with E-state index in [0.717, 1.165) is 18.6 Å². The molecule has 1 aliphatic rings. The second-order valence-electron chi connectivity index (χ2n) is 5.76. The summed E-state index contributed by atoms with van der Waals surface area (Å²) >= 11 is 1.83. The summed E-state index contributed by atoms with van der Waals surface area (Å²) in [5.74, 6) is 1.30. The molecule has 1 saturated heterocycles. The van der Waals surface area contributed by atoms with Crippen molar-refractivity contribution in [2.75, 3.05) is 12.0 Å². The van der Waals surface area contributed by atoms with E-state index >= 15 is 0 Å². The highest BCUT2D eigenvalue weighted by molar-refractivity contribution is 7.98. The van der Waals surface area contributed by atoms with E-state index in [9.17, 15) is 4.79 Å². The maximum Gasteiger partial charge on any atom is 0.241 e. The molecule has 3 unspecified atom stereocenters. The van der Waals surface area contributed by atoms with E-state index in [0.29, 0.717) is 0 Å². The van der Waals surface area contributed by atoms with Gasteiger partial charge in [0, 0.05) is 6.04 Å². The van der Waals surface area contributed by atoms with Crippen LogP contribution in [0.2, 0.25) is 0 Å². The zero-order chi connectivity index (χ0) is 15.4. The first-order chi connectivity index (χ1) is 10.1. The zero-order valence-corrected chi connectivity index (χ0v) is 14.2. The molecule has 1 amide bonds. The molecule has 3 nitrogen and oxygen atoms in total. The molecule has 1 aliphatic heterocycles. The second kappa shape index (κ2) is 7.32. The van der Waals surface area contributed by atoms with Crippen LogP contribution in [0.4, 0.5) is 0 Å². The molecule has 116 valence electrons. The molecule has 0 spiro atoms. The summed E-state index contributed by atoms with van der Waals surface area (Å²) in [5.41, 5.74) is 2.51. The molecule has 1 N–H and O–H groups in total. The van der Waals surface area contributed by atoms with Gasteiger partial charge in [0.05, 0.1) is 6.04 Å². The molecule has 3 atom stereocenters. The van der Waals surface area contributed by atoms with Crippen LogP contribution in [0.5, 0.6) is 0 Å². The number of amides is 1. The predicted octanol–water partition coefficient (Wildman–Crippen LogP) is 3.21. The van der Waals surface area contributed by atoms with Crippen molar-refractivity contribution in [3.05, 3.63) is 35.4 Å². The van der Waals surface area contributed by atoms with Crippen LogP contribution < -0.4 is 5.32 Å². The van der Waals surface area contributed by atoms with Crippen molar-refractivity contribution in [3.8, 4) is 0 Å². The predicted molar refractivity (Wildman–Crippen MR) is 90.5 cm³/mol. The Bertz CT molecular complexity index is 474. The molecule has 0 radical (unpaired) electrons. The van der Waals surface area contributed by atoms with Gasteiger partial charge < -0.3 is 4.90 Å². The minimum atomic E-state index is -0.0995. The van der Waals surface area contributed by atoms with Crippen LogP contribution in [0.1, 0.15) is 44.5 Å². The normalized spacial score (nSPS) is 23.6. The molecule has 1 heterocycles. The Kier molecular flexibility index (Phi) is 5.71. The minimum Gasteiger partial charge on any atom is -0.319 e. The van der Waals surface area contributed by atoms with Crippen LogP contribution in [0.15, 0.2) is 24.3 Å². The van der Waals surface area contributed by atoms with Gasteiger partial charge in [-0.15, -0.1) is 0 Å². The van der Waals surface area contributed by atoms with Gasteiger partial charge in [-0.25, -0.2) is 0 Å². The largest absolute Gasteiger partial charge is 0.319 e. The minimum absolute atomic E-state index is 0.00950. The van der Waals surface area contributed by atoms with Crippen LogP contribution in [-0.4, -0.2) is 34.9 Å². The summed E-state index contributed by atoms with van der Waals surface area (Å²) in [4.78, 5) is 14.5. The molecule has 1 aromatic carbocycles. The Morgan fingerprint density at radius 1 is 1.33 bits per heavy atom. The standard InChI is InChI=1S/C17H26N2OS/c1-5-14-6-8-15(9-7-14)16-18-13(3)17(20)19(16)12(2)10-11-21-4/h6-9,12-13,16,18H,5,10-11H2,1-4H3. The number of carbonyl (C=O) groups excluding carboxylic acids is 1. The van der Waals surface area contributed by atoms with Crippen LogP contribution in [0, 0.1) is 0 Å². The third-order valence-electron chi connectivity index (χ3n) is 4.23. The highest BCUT2D eigenvalue weighted by Gasteiger charge is 2.39. The molecule has 0 aromatic heterocycles. The monoisotopic (exact) mass is 306 g/mol. The fourth-order valence-corrected chi connectivity index (χ4v) is 3.41. The molecule has 1 aromatic rings. The average Bonchev–Trinajstić information content (AvgIpc) is 2.80. The first-order valence-electron chi connectivity index (χ1n) is 7.74. The van der Waals surface area contributed by atoms with E-state index < -0.39 is 0 Å². The Morgan fingerprint density at radius 3 is 2.57 bits per heavy atom. The van der Waals surface area contributed by atoms with Gasteiger partial charge in [-0.1, -0.05) is 31.2 Å². The van der Waals surface area contributed by atoms with Crippen LogP contribution in [0.25, 0.3) is 0 Å². The number of nitrogens with zero attached hydrogens (tertiary/aromatic N) is 1. The van der Waals surface area contributed by atoms with Gasteiger partial charge in [-0.3, -0.25) is 10.1 Å². The lowest BCUT2D eigenvalue weighted by molar-refractivity contribution is -0.131. The number of nitrogens with one attached hydrogen (secondary N) is 1. The SMILES string of the molecule is CCc1ccc(C2NC(C)C(=O)N2C(C)CCSC)cc1.